The highest BCUT2D eigenvalue weighted by atomic mass is 32.1. The van der Waals surface area contributed by atoms with Crippen LogP contribution < -0.4 is 5.32 Å². The summed E-state index contributed by atoms with van der Waals surface area (Å²) >= 11 is 1.08. The molecule has 146 valence electrons. The SMILES string of the molecule is CCOC(=O)c1sc(NC(=O)C[C@@H]2c3ccccc3C=CN2C(C)=O)nc1C. The molecule has 1 aliphatic heterocycles. The molecule has 0 saturated heterocycles. The fourth-order valence-electron chi connectivity index (χ4n) is 3.10. The van der Waals surface area contributed by atoms with E-state index in [9.17, 15) is 14.4 Å². The average molecular weight is 399 g/mol. The second kappa shape index (κ2) is 8.35. The summed E-state index contributed by atoms with van der Waals surface area (Å²) < 4.78 is 5.00. The van der Waals surface area contributed by atoms with Crippen LogP contribution in [0.25, 0.3) is 6.08 Å². The Morgan fingerprint density at radius 3 is 2.75 bits per heavy atom. The monoisotopic (exact) mass is 399 g/mol. The highest BCUT2D eigenvalue weighted by Crippen LogP contribution is 2.33. The summed E-state index contributed by atoms with van der Waals surface area (Å²) in [5.41, 5.74) is 2.40. The topological polar surface area (TPSA) is 88.6 Å². The molecule has 1 aromatic carbocycles. The number of carbonyl (C=O) groups excluding carboxylic acids is 3. The molecule has 1 aliphatic rings. The summed E-state index contributed by atoms with van der Waals surface area (Å²) in [7, 11) is 0. The van der Waals surface area contributed by atoms with Crippen molar-refractivity contribution in [2.45, 2.75) is 33.2 Å². The first-order chi connectivity index (χ1) is 13.4. The Kier molecular flexibility index (Phi) is 5.89. The number of carbonyl (C=O) groups is 3. The molecule has 1 atom stereocenters. The number of benzene rings is 1. The number of anilines is 1. The Hall–Kier alpha value is -3.00. The number of hydrogen-bond donors (Lipinski definition) is 1. The largest absolute Gasteiger partial charge is 0.462 e. The van der Waals surface area contributed by atoms with E-state index >= 15 is 0 Å². The number of fused-ring (bicyclic) bond motifs is 1. The predicted molar refractivity (Wildman–Crippen MR) is 107 cm³/mol. The number of thiazole rings is 1. The van der Waals surface area contributed by atoms with Gasteiger partial charge in [-0.3, -0.25) is 9.59 Å². The number of nitrogens with one attached hydrogen (secondary N) is 1. The van der Waals surface area contributed by atoms with Crippen LogP contribution >= 0.6 is 11.3 Å². The minimum Gasteiger partial charge on any atom is -0.462 e. The molecule has 0 aliphatic carbocycles. The van der Waals surface area contributed by atoms with Gasteiger partial charge in [0.15, 0.2) is 5.13 Å². The lowest BCUT2D eigenvalue weighted by Crippen LogP contribution is -2.33. The van der Waals surface area contributed by atoms with E-state index in [1.165, 1.54) is 6.92 Å². The molecular weight excluding hydrogens is 378 g/mol. The van der Waals surface area contributed by atoms with E-state index in [2.05, 4.69) is 10.3 Å². The maximum absolute atomic E-state index is 12.7. The Morgan fingerprint density at radius 1 is 1.29 bits per heavy atom. The normalized spacial score (nSPS) is 15.1. The van der Waals surface area contributed by atoms with Crippen molar-refractivity contribution in [2.75, 3.05) is 11.9 Å². The smallest absolute Gasteiger partial charge is 0.350 e. The van der Waals surface area contributed by atoms with Crippen LogP contribution in [0.3, 0.4) is 0 Å². The van der Waals surface area contributed by atoms with Crippen LogP contribution in [0.15, 0.2) is 30.5 Å². The number of amides is 2. The second-order valence-electron chi connectivity index (χ2n) is 6.29. The lowest BCUT2D eigenvalue weighted by atomic mass is 9.93. The molecule has 1 aromatic heterocycles. The summed E-state index contributed by atoms with van der Waals surface area (Å²) in [6.07, 6.45) is 3.64. The number of nitrogens with zero attached hydrogens (tertiary/aromatic N) is 2. The third-order valence-corrected chi connectivity index (χ3v) is 5.40. The van der Waals surface area contributed by atoms with Crippen molar-refractivity contribution in [3.8, 4) is 0 Å². The zero-order valence-electron chi connectivity index (χ0n) is 15.9. The quantitative estimate of drug-likeness (QED) is 0.777. The van der Waals surface area contributed by atoms with Crippen molar-refractivity contribution in [1.82, 2.24) is 9.88 Å². The van der Waals surface area contributed by atoms with Gasteiger partial charge in [0.1, 0.15) is 4.88 Å². The molecule has 2 amide bonds. The highest BCUT2D eigenvalue weighted by Gasteiger charge is 2.28. The molecule has 0 fully saturated rings. The van der Waals surface area contributed by atoms with E-state index in [0.717, 1.165) is 22.5 Å². The fourth-order valence-corrected chi connectivity index (χ4v) is 3.97. The van der Waals surface area contributed by atoms with Crippen molar-refractivity contribution in [2.24, 2.45) is 0 Å². The summed E-state index contributed by atoms with van der Waals surface area (Å²) in [5, 5.41) is 3.07. The van der Waals surface area contributed by atoms with Gasteiger partial charge in [0.05, 0.1) is 24.8 Å². The van der Waals surface area contributed by atoms with Gasteiger partial charge in [-0.2, -0.15) is 0 Å². The number of rotatable bonds is 5. The zero-order chi connectivity index (χ0) is 20.3. The van der Waals surface area contributed by atoms with Crippen LogP contribution in [0.4, 0.5) is 5.13 Å². The van der Waals surface area contributed by atoms with Gasteiger partial charge < -0.3 is 15.0 Å². The molecule has 3 rings (SSSR count). The Labute approximate surface area is 167 Å². The summed E-state index contributed by atoms with van der Waals surface area (Å²) in [6.45, 7) is 5.17. The highest BCUT2D eigenvalue weighted by molar-refractivity contribution is 7.17. The predicted octanol–water partition coefficient (Wildman–Crippen LogP) is 3.53. The van der Waals surface area contributed by atoms with Crippen LogP contribution in [0.1, 0.15) is 52.8 Å². The molecule has 2 heterocycles. The van der Waals surface area contributed by atoms with E-state index in [1.54, 1.807) is 24.9 Å². The third-order valence-electron chi connectivity index (χ3n) is 4.35. The van der Waals surface area contributed by atoms with Gasteiger partial charge in [0.2, 0.25) is 11.8 Å². The molecule has 1 N–H and O–H groups in total. The van der Waals surface area contributed by atoms with Crippen LogP contribution in [0.5, 0.6) is 0 Å². The second-order valence-corrected chi connectivity index (χ2v) is 7.29. The van der Waals surface area contributed by atoms with E-state index in [0.29, 0.717) is 15.7 Å². The fraction of sp³-hybridized carbons (Fsp3) is 0.300. The minimum absolute atomic E-state index is 0.0777. The van der Waals surface area contributed by atoms with Gasteiger partial charge in [-0.15, -0.1) is 0 Å². The van der Waals surface area contributed by atoms with E-state index in [-0.39, 0.29) is 24.8 Å². The van der Waals surface area contributed by atoms with Crippen molar-refractivity contribution >= 4 is 40.3 Å². The molecule has 0 spiro atoms. The molecule has 28 heavy (non-hydrogen) atoms. The number of ether oxygens (including phenoxy) is 1. The minimum atomic E-state index is -0.452. The molecule has 0 bridgehead atoms. The van der Waals surface area contributed by atoms with E-state index in [4.69, 9.17) is 4.74 Å². The molecule has 8 heteroatoms. The lowest BCUT2D eigenvalue weighted by Gasteiger charge is -2.32. The van der Waals surface area contributed by atoms with Crippen molar-refractivity contribution in [3.63, 3.8) is 0 Å². The molecule has 0 saturated carbocycles. The first-order valence-corrected chi connectivity index (χ1v) is 9.72. The summed E-state index contributed by atoms with van der Waals surface area (Å²) in [4.78, 5) is 42.8. The van der Waals surface area contributed by atoms with Gasteiger partial charge in [-0.25, -0.2) is 9.78 Å². The summed E-state index contributed by atoms with van der Waals surface area (Å²) in [6, 6.07) is 7.27. The maximum Gasteiger partial charge on any atom is 0.350 e. The van der Waals surface area contributed by atoms with Crippen molar-refractivity contribution in [1.29, 1.82) is 0 Å². The third kappa shape index (κ3) is 4.12. The van der Waals surface area contributed by atoms with Crippen molar-refractivity contribution in [3.05, 3.63) is 52.2 Å². The number of hydrogen-bond acceptors (Lipinski definition) is 6. The van der Waals surface area contributed by atoms with Gasteiger partial charge in [-0.1, -0.05) is 35.6 Å². The first kappa shape index (κ1) is 19.8. The molecule has 2 aromatic rings. The number of aromatic nitrogens is 1. The van der Waals surface area contributed by atoms with Gasteiger partial charge in [-0.05, 0) is 31.1 Å². The van der Waals surface area contributed by atoms with E-state index < -0.39 is 12.0 Å². The van der Waals surface area contributed by atoms with Crippen LogP contribution in [-0.4, -0.2) is 34.3 Å². The van der Waals surface area contributed by atoms with Gasteiger partial charge in [0.25, 0.3) is 0 Å². The standard InChI is InChI=1S/C20H21N3O4S/c1-4-27-19(26)18-12(2)21-20(28-18)22-17(25)11-16-15-8-6-5-7-14(15)9-10-23(16)13(3)24/h5-10,16H,4,11H2,1-3H3,(H,21,22,25)/t16-/m1/s1. The van der Waals surface area contributed by atoms with Gasteiger partial charge >= 0.3 is 5.97 Å². The molecular formula is C20H21N3O4S. The van der Waals surface area contributed by atoms with Crippen molar-refractivity contribution < 1.29 is 19.1 Å². The zero-order valence-corrected chi connectivity index (χ0v) is 16.7. The average Bonchev–Trinajstić information content (AvgIpc) is 3.02. The molecule has 0 unspecified atom stereocenters. The van der Waals surface area contributed by atoms with Crippen LogP contribution in [0, 0.1) is 6.92 Å². The first-order valence-electron chi connectivity index (χ1n) is 8.91. The Balaban J connectivity index is 1.77. The van der Waals surface area contributed by atoms with Gasteiger partial charge in [0, 0.05) is 13.1 Å². The summed E-state index contributed by atoms with van der Waals surface area (Å²) in [5.74, 6) is -0.879. The number of aryl methyl sites for hydroxylation is 1. The van der Waals surface area contributed by atoms with Crippen LogP contribution in [0.2, 0.25) is 0 Å². The Morgan fingerprint density at radius 2 is 2.04 bits per heavy atom. The van der Waals surface area contributed by atoms with E-state index in [1.807, 2.05) is 30.3 Å². The Bertz CT molecular complexity index is 951. The molecule has 7 nitrogen and oxygen atoms in total. The molecule has 0 radical (unpaired) electrons. The maximum atomic E-state index is 12.7. The van der Waals surface area contributed by atoms with Crippen LogP contribution in [-0.2, 0) is 14.3 Å². The number of esters is 1. The lowest BCUT2D eigenvalue weighted by molar-refractivity contribution is -0.129.